The van der Waals surface area contributed by atoms with Crippen LogP contribution in [0.4, 0.5) is 0 Å². The van der Waals surface area contributed by atoms with E-state index in [0.29, 0.717) is 0 Å². The van der Waals surface area contributed by atoms with Crippen molar-refractivity contribution < 1.29 is 9.47 Å². The summed E-state index contributed by atoms with van der Waals surface area (Å²) in [5, 5.41) is 0. The molecule has 0 N–H and O–H groups in total. The van der Waals surface area contributed by atoms with Gasteiger partial charge >= 0.3 is 0 Å². The highest BCUT2D eigenvalue weighted by atomic mass is 28.2. The third-order valence-corrected chi connectivity index (χ3v) is 4.38. The zero-order valence-electron chi connectivity index (χ0n) is 10.8. The second-order valence-electron chi connectivity index (χ2n) is 3.90. The van der Waals surface area contributed by atoms with E-state index < -0.39 is 0 Å². The van der Waals surface area contributed by atoms with Gasteiger partial charge in [-0.05, 0) is 19.9 Å². The summed E-state index contributed by atoms with van der Waals surface area (Å²) in [6.45, 7) is 7.88. The molecule has 0 aliphatic carbocycles. The van der Waals surface area contributed by atoms with Gasteiger partial charge in [-0.3, -0.25) is 0 Å². The minimum Gasteiger partial charge on any atom is -0.353 e. The van der Waals surface area contributed by atoms with Crippen LogP contribution in [0.15, 0.2) is 0 Å². The highest BCUT2D eigenvalue weighted by molar-refractivity contribution is 6.35. The standard InChI is InChI=1S/C12H28O2Si/c1-4-7-8-9-10-15-11-12(13-5-2)14-6-3/h12H,4-11,15H2,1-3H3. The Balaban J connectivity index is 3.28. The molecule has 0 spiro atoms. The Hall–Kier alpha value is 0.137. The minimum atomic E-state index is 0.0453. The summed E-state index contributed by atoms with van der Waals surface area (Å²) in [5.41, 5.74) is 0. The molecule has 0 aromatic heterocycles. The fraction of sp³-hybridized carbons (Fsp3) is 1.00. The molecule has 0 unspecified atom stereocenters. The average Bonchev–Trinajstić information content (AvgIpc) is 2.24. The zero-order chi connectivity index (χ0) is 11.4. The van der Waals surface area contributed by atoms with Crippen molar-refractivity contribution in [2.24, 2.45) is 0 Å². The molecule has 2 nitrogen and oxygen atoms in total. The number of unbranched alkanes of at least 4 members (excludes halogenated alkanes) is 3. The molecule has 3 heteroatoms. The van der Waals surface area contributed by atoms with Crippen LogP contribution in [0.2, 0.25) is 12.1 Å². The van der Waals surface area contributed by atoms with E-state index in [4.69, 9.17) is 9.47 Å². The molecule has 0 radical (unpaired) electrons. The monoisotopic (exact) mass is 232 g/mol. The van der Waals surface area contributed by atoms with Crippen molar-refractivity contribution in [3.63, 3.8) is 0 Å². The summed E-state index contributed by atoms with van der Waals surface area (Å²) in [4.78, 5) is 0. The van der Waals surface area contributed by atoms with Crippen molar-refractivity contribution in [3.05, 3.63) is 0 Å². The Bertz CT molecular complexity index is 114. The maximum Gasteiger partial charge on any atom is 0.154 e. The van der Waals surface area contributed by atoms with Crippen molar-refractivity contribution in [3.8, 4) is 0 Å². The first kappa shape index (κ1) is 15.1. The minimum absolute atomic E-state index is 0.0453. The summed E-state index contributed by atoms with van der Waals surface area (Å²) in [7, 11) is 0.0453. The van der Waals surface area contributed by atoms with Crippen molar-refractivity contribution in [1.29, 1.82) is 0 Å². The van der Waals surface area contributed by atoms with E-state index in [-0.39, 0.29) is 15.8 Å². The fourth-order valence-electron chi connectivity index (χ4n) is 1.68. The van der Waals surface area contributed by atoms with Crippen LogP contribution in [0, 0.1) is 0 Å². The van der Waals surface area contributed by atoms with Gasteiger partial charge in [0.25, 0.3) is 0 Å². The molecule has 0 saturated carbocycles. The Kier molecular flexibility index (Phi) is 12.3. The van der Waals surface area contributed by atoms with Crippen LogP contribution in [0.25, 0.3) is 0 Å². The van der Waals surface area contributed by atoms with E-state index in [0.717, 1.165) is 13.2 Å². The van der Waals surface area contributed by atoms with E-state index in [1.807, 2.05) is 13.8 Å². The molecular formula is C12H28O2Si. The summed E-state index contributed by atoms with van der Waals surface area (Å²) in [6.07, 6.45) is 5.66. The lowest BCUT2D eigenvalue weighted by atomic mass is 10.2. The van der Waals surface area contributed by atoms with Gasteiger partial charge in [-0.15, -0.1) is 0 Å². The number of hydrogen-bond acceptors (Lipinski definition) is 2. The molecule has 0 fully saturated rings. The van der Waals surface area contributed by atoms with Crippen LogP contribution in [-0.2, 0) is 9.47 Å². The maximum absolute atomic E-state index is 5.52. The molecule has 0 bridgehead atoms. The number of ether oxygens (including phenoxy) is 2. The number of hydrogen-bond donors (Lipinski definition) is 0. The van der Waals surface area contributed by atoms with Gasteiger partial charge in [0, 0.05) is 22.7 Å². The normalized spacial score (nSPS) is 12.0. The predicted octanol–water partition coefficient (Wildman–Crippen LogP) is 2.97. The van der Waals surface area contributed by atoms with E-state index in [2.05, 4.69) is 6.92 Å². The molecule has 15 heavy (non-hydrogen) atoms. The first-order valence-corrected chi connectivity index (χ1v) is 8.58. The van der Waals surface area contributed by atoms with Crippen LogP contribution in [0.1, 0.15) is 46.5 Å². The molecule has 92 valence electrons. The van der Waals surface area contributed by atoms with Crippen LogP contribution < -0.4 is 0 Å². The first-order chi connectivity index (χ1) is 7.35. The van der Waals surface area contributed by atoms with Crippen LogP contribution in [-0.4, -0.2) is 29.0 Å². The lowest BCUT2D eigenvalue weighted by Gasteiger charge is -2.16. The Morgan fingerprint density at radius 2 is 1.60 bits per heavy atom. The topological polar surface area (TPSA) is 18.5 Å². The average molecular weight is 232 g/mol. The Labute approximate surface area is 97.6 Å². The molecule has 0 aromatic carbocycles. The Morgan fingerprint density at radius 3 is 2.13 bits per heavy atom. The van der Waals surface area contributed by atoms with Crippen LogP contribution in [0.3, 0.4) is 0 Å². The van der Waals surface area contributed by atoms with Crippen LogP contribution >= 0.6 is 0 Å². The molecule has 0 atom stereocenters. The molecule has 0 rings (SSSR count). The van der Waals surface area contributed by atoms with E-state index in [9.17, 15) is 0 Å². The molecular weight excluding hydrogens is 204 g/mol. The molecule has 0 saturated heterocycles. The lowest BCUT2D eigenvalue weighted by Crippen LogP contribution is -2.18. The summed E-state index contributed by atoms with van der Waals surface area (Å²) >= 11 is 0. The van der Waals surface area contributed by atoms with Gasteiger partial charge in [0.2, 0.25) is 0 Å². The van der Waals surface area contributed by atoms with E-state index in [1.165, 1.54) is 37.8 Å². The van der Waals surface area contributed by atoms with E-state index >= 15 is 0 Å². The second kappa shape index (κ2) is 12.2. The fourth-order valence-corrected chi connectivity index (χ4v) is 3.34. The summed E-state index contributed by atoms with van der Waals surface area (Å²) in [6, 6.07) is 2.64. The highest BCUT2D eigenvalue weighted by Gasteiger charge is 2.06. The van der Waals surface area contributed by atoms with Gasteiger partial charge in [0.15, 0.2) is 6.29 Å². The molecule has 0 amide bonds. The quantitative estimate of drug-likeness (QED) is 0.310. The summed E-state index contributed by atoms with van der Waals surface area (Å²) in [5.74, 6) is 0. The van der Waals surface area contributed by atoms with Gasteiger partial charge in [0.05, 0.1) is 0 Å². The van der Waals surface area contributed by atoms with Crippen molar-refractivity contribution >= 4 is 9.52 Å². The highest BCUT2D eigenvalue weighted by Crippen LogP contribution is 2.07. The van der Waals surface area contributed by atoms with Gasteiger partial charge < -0.3 is 9.47 Å². The summed E-state index contributed by atoms with van der Waals surface area (Å²) < 4.78 is 11.0. The van der Waals surface area contributed by atoms with Gasteiger partial charge in [-0.1, -0.05) is 38.7 Å². The smallest absolute Gasteiger partial charge is 0.154 e. The van der Waals surface area contributed by atoms with Crippen LogP contribution in [0.5, 0.6) is 0 Å². The Morgan fingerprint density at radius 1 is 0.933 bits per heavy atom. The lowest BCUT2D eigenvalue weighted by molar-refractivity contribution is -0.123. The van der Waals surface area contributed by atoms with Gasteiger partial charge in [-0.2, -0.15) is 0 Å². The molecule has 0 heterocycles. The zero-order valence-corrected chi connectivity index (χ0v) is 12.2. The third-order valence-electron chi connectivity index (χ3n) is 2.50. The molecule has 0 aliphatic rings. The van der Waals surface area contributed by atoms with Crippen molar-refractivity contribution in [2.45, 2.75) is 64.8 Å². The number of rotatable bonds is 11. The van der Waals surface area contributed by atoms with Gasteiger partial charge in [0.1, 0.15) is 0 Å². The first-order valence-electron chi connectivity index (χ1n) is 6.58. The molecule has 0 aliphatic heterocycles. The van der Waals surface area contributed by atoms with Crippen molar-refractivity contribution in [2.75, 3.05) is 13.2 Å². The molecule has 0 aromatic rings. The van der Waals surface area contributed by atoms with E-state index in [1.54, 1.807) is 0 Å². The third kappa shape index (κ3) is 10.4. The predicted molar refractivity (Wildman–Crippen MR) is 69.3 cm³/mol. The van der Waals surface area contributed by atoms with Gasteiger partial charge in [-0.25, -0.2) is 0 Å². The van der Waals surface area contributed by atoms with Crippen molar-refractivity contribution in [1.82, 2.24) is 0 Å². The largest absolute Gasteiger partial charge is 0.353 e. The second-order valence-corrected chi connectivity index (χ2v) is 5.89. The maximum atomic E-state index is 5.52. The SMILES string of the molecule is CCCCCC[SiH2]CC(OCC)OCC.